The van der Waals surface area contributed by atoms with E-state index >= 15 is 0 Å². The van der Waals surface area contributed by atoms with Crippen molar-refractivity contribution in [2.45, 2.75) is 26.3 Å². The summed E-state index contributed by atoms with van der Waals surface area (Å²) in [6, 6.07) is 1.92. The summed E-state index contributed by atoms with van der Waals surface area (Å²) in [6.45, 7) is 3.09. The Morgan fingerprint density at radius 2 is 2.24 bits per heavy atom. The van der Waals surface area contributed by atoms with E-state index in [9.17, 15) is 13.2 Å². The molecule has 2 rings (SSSR count). The molecule has 21 heavy (non-hydrogen) atoms. The molecule has 1 fully saturated rings. The highest BCUT2D eigenvalue weighted by molar-refractivity contribution is 7.88. The average Bonchev–Trinajstić information content (AvgIpc) is 2.74. The molecule has 1 aliphatic rings. The minimum atomic E-state index is -3.22. The van der Waals surface area contributed by atoms with E-state index in [1.54, 1.807) is 4.68 Å². The highest BCUT2D eigenvalue weighted by Gasteiger charge is 2.30. The first kappa shape index (κ1) is 16.0. The zero-order valence-electron chi connectivity index (χ0n) is 12.7. The van der Waals surface area contributed by atoms with Crippen molar-refractivity contribution >= 4 is 15.9 Å². The molecule has 0 unspecified atom stereocenters. The predicted molar refractivity (Wildman–Crippen MR) is 78.9 cm³/mol. The number of nitrogens with one attached hydrogen (secondary N) is 1. The minimum Gasteiger partial charge on any atom is -0.350 e. The second-order valence-corrected chi connectivity index (χ2v) is 7.56. The zero-order valence-corrected chi connectivity index (χ0v) is 13.5. The van der Waals surface area contributed by atoms with Gasteiger partial charge in [-0.1, -0.05) is 0 Å². The van der Waals surface area contributed by atoms with Crippen molar-refractivity contribution in [1.82, 2.24) is 19.4 Å². The van der Waals surface area contributed by atoms with Crippen molar-refractivity contribution in [3.8, 4) is 0 Å². The number of piperidine rings is 1. The van der Waals surface area contributed by atoms with E-state index in [4.69, 9.17) is 0 Å². The fourth-order valence-electron chi connectivity index (χ4n) is 2.50. The first-order chi connectivity index (χ1) is 9.77. The molecule has 0 radical (unpaired) electrons. The van der Waals surface area contributed by atoms with Crippen LogP contribution in [0.2, 0.25) is 0 Å². The number of nitrogens with zero attached hydrogens (tertiary/aromatic N) is 3. The number of aromatic nitrogens is 2. The summed E-state index contributed by atoms with van der Waals surface area (Å²) < 4.78 is 26.2. The van der Waals surface area contributed by atoms with Gasteiger partial charge in [-0.25, -0.2) is 12.7 Å². The Labute approximate surface area is 125 Å². The monoisotopic (exact) mass is 314 g/mol. The third-order valence-electron chi connectivity index (χ3n) is 3.83. The van der Waals surface area contributed by atoms with Gasteiger partial charge in [-0.3, -0.25) is 9.48 Å². The van der Waals surface area contributed by atoms with Crippen molar-refractivity contribution in [1.29, 1.82) is 0 Å². The van der Waals surface area contributed by atoms with Crippen LogP contribution in [0.3, 0.4) is 0 Å². The van der Waals surface area contributed by atoms with Crippen LogP contribution in [-0.4, -0.2) is 47.8 Å². The fourth-order valence-corrected chi connectivity index (χ4v) is 3.41. The Hall–Kier alpha value is -1.41. The van der Waals surface area contributed by atoms with Gasteiger partial charge in [0.25, 0.3) is 0 Å². The van der Waals surface area contributed by atoms with E-state index in [1.807, 2.05) is 20.0 Å². The number of amides is 1. The molecule has 0 aliphatic carbocycles. The summed E-state index contributed by atoms with van der Waals surface area (Å²) in [6.07, 6.45) is 2.62. The third-order valence-corrected chi connectivity index (χ3v) is 5.10. The third kappa shape index (κ3) is 4.04. The van der Waals surface area contributed by atoms with Gasteiger partial charge < -0.3 is 5.32 Å². The molecule has 0 bridgehead atoms. The van der Waals surface area contributed by atoms with Gasteiger partial charge in [-0.05, 0) is 25.8 Å². The van der Waals surface area contributed by atoms with Crippen LogP contribution in [0.4, 0.5) is 0 Å². The molecule has 1 saturated heterocycles. The van der Waals surface area contributed by atoms with Crippen LogP contribution in [-0.2, 0) is 28.4 Å². The van der Waals surface area contributed by atoms with Gasteiger partial charge in [0.2, 0.25) is 15.9 Å². The van der Waals surface area contributed by atoms with Gasteiger partial charge in [0.1, 0.15) is 0 Å². The van der Waals surface area contributed by atoms with Gasteiger partial charge in [-0.15, -0.1) is 0 Å². The molecule has 0 spiro atoms. The van der Waals surface area contributed by atoms with E-state index in [-0.39, 0.29) is 18.4 Å². The Balaban J connectivity index is 1.91. The average molecular weight is 314 g/mol. The quantitative estimate of drug-likeness (QED) is 0.849. The van der Waals surface area contributed by atoms with Crippen LogP contribution in [0.1, 0.15) is 24.2 Å². The number of aryl methyl sites for hydroxylation is 2. The molecule has 1 aromatic heterocycles. The molecule has 118 valence electrons. The maximum atomic E-state index is 12.2. The van der Waals surface area contributed by atoms with Crippen molar-refractivity contribution in [2.75, 3.05) is 19.3 Å². The zero-order chi connectivity index (χ0) is 15.6. The van der Waals surface area contributed by atoms with Gasteiger partial charge in [0, 0.05) is 25.8 Å². The van der Waals surface area contributed by atoms with Crippen LogP contribution in [0.5, 0.6) is 0 Å². The standard InChI is InChI=1S/C13H22N4O3S/c1-10-7-12(15-16(10)2)8-14-13(18)11-5-4-6-17(9-11)21(3,19)20/h7,11H,4-6,8-9H2,1-3H3,(H,14,18)/t11-/m0/s1. The van der Waals surface area contributed by atoms with Crippen LogP contribution in [0, 0.1) is 12.8 Å². The highest BCUT2D eigenvalue weighted by Crippen LogP contribution is 2.18. The SMILES string of the molecule is Cc1cc(CNC(=O)[C@H]2CCCN(S(C)(=O)=O)C2)nn1C. The van der Waals surface area contributed by atoms with E-state index < -0.39 is 10.0 Å². The van der Waals surface area contributed by atoms with Gasteiger partial charge in [-0.2, -0.15) is 5.10 Å². The molecule has 7 nitrogen and oxygen atoms in total. The Morgan fingerprint density at radius 3 is 2.81 bits per heavy atom. The topological polar surface area (TPSA) is 84.3 Å². The smallest absolute Gasteiger partial charge is 0.224 e. The lowest BCUT2D eigenvalue weighted by Crippen LogP contribution is -2.44. The summed E-state index contributed by atoms with van der Waals surface area (Å²) in [7, 11) is -1.37. The van der Waals surface area contributed by atoms with Crippen LogP contribution in [0.15, 0.2) is 6.07 Å². The van der Waals surface area contributed by atoms with E-state index in [0.29, 0.717) is 19.5 Å². The van der Waals surface area contributed by atoms with Crippen molar-refractivity contribution in [2.24, 2.45) is 13.0 Å². The second-order valence-electron chi connectivity index (χ2n) is 5.58. The number of hydrogen-bond donors (Lipinski definition) is 1. The van der Waals surface area contributed by atoms with Crippen LogP contribution in [0.25, 0.3) is 0 Å². The molecule has 0 saturated carbocycles. The van der Waals surface area contributed by atoms with Crippen molar-refractivity contribution < 1.29 is 13.2 Å². The summed E-state index contributed by atoms with van der Waals surface area (Å²) in [4.78, 5) is 12.2. The second kappa shape index (κ2) is 6.15. The van der Waals surface area contributed by atoms with Gasteiger partial charge in [0.15, 0.2) is 0 Å². The minimum absolute atomic E-state index is 0.105. The number of sulfonamides is 1. The lowest BCUT2D eigenvalue weighted by molar-refractivity contribution is -0.126. The predicted octanol–water partition coefficient (Wildman–Crippen LogP) is 0.0163. The maximum Gasteiger partial charge on any atom is 0.224 e. The first-order valence-corrected chi connectivity index (χ1v) is 8.84. The molecule has 1 atom stereocenters. The Bertz CT molecular complexity index is 604. The molecule has 1 aliphatic heterocycles. The fraction of sp³-hybridized carbons (Fsp3) is 0.692. The molecule has 1 N–H and O–H groups in total. The van der Waals surface area contributed by atoms with Gasteiger partial charge in [0.05, 0.1) is 24.4 Å². The lowest BCUT2D eigenvalue weighted by atomic mass is 9.99. The van der Waals surface area contributed by atoms with E-state index in [0.717, 1.165) is 17.8 Å². The summed E-state index contributed by atoms with van der Waals surface area (Å²) in [5.41, 5.74) is 1.83. The van der Waals surface area contributed by atoms with Crippen LogP contribution >= 0.6 is 0 Å². The molecule has 0 aromatic carbocycles. The number of rotatable bonds is 4. The Kier molecular flexibility index (Phi) is 4.67. The summed E-state index contributed by atoms with van der Waals surface area (Å²) in [5.74, 6) is -0.384. The van der Waals surface area contributed by atoms with Gasteiger partial charge >= 0.3 is 0 Å². The summed E-state index contributed by atoms with van der Waals surface area (Å²) >= 11 is 0. The number of carbonyl (C=O) groups is 1. The molecule has 8 heteroatoms. The van der Waals surface area contributed by atoms with E-state index in [1.165, 1.54) is 10.6 Å². The highest BCUT2D eigenvalue weighted by atomic mass is 32.2. The lowest BCUT2D eigenvalue weighted by Gasteiger charge is -2.30. The molecule has 2 heterocycles. The molecular formula is C13H22N4O3S. The van der Waals surface area contributed by atoms with E-state index in [2.05, 4.69) is 10.4 Å². The molecule has 1 aromatic rings. The van der Waals surface area contributed by atoms with Crippen molar-refractivity contribution in [3.05, 3.63) is 17.5 Å². The van der Waals surface area contributed by atoms with Crippen LogP contribution < -0.4 is 5.32 Å². The normalized spacial score (nSPS) is 20.4. The number of hydrogen-bond acceptors (Lipinski definition) is 4. The largest absolute Gasteiger partial charge is 0.350 e. The molecule has 1 amide bonds. The number of carbonyl (C=O) groups excluding carboxylic acids is 1. The maximum absolute atomic E-state index is 12.2. The first-order valence-electron chi connectivity index (χ1n) is 6.99. The molecular weight excluding hydrogens is 292 g/mol. The summed E-state index contributed by atoms with van der Waals surface area (Å²) in [5, 5.41) is 7.12. The Morgan fingerprint density at radius 1 is 1.52 bits per heavy atom. The van der Waals surface area contributed by atoms with Crippen molar-refractivity contribution in [3.63, 3.8) is 0 Å².